The number of ether oxygens (including phenoxy) is 1. The first-order valence-electron chi connectivity index (χ1n) is 7.40. The first-order valence-corrected chi connectivity index (χ1v) is 7.40. The van der Waals surface area contributed by atoms with Gasteiger partial charge in [-0.2, -0.15) is 0 Å². The van der Waals surface area contributed by atoms with Crippen LogP contribution in [-0.4, -0.2) is 36.2 Å². The molecular formula is C16H21NO4. The van der Waals surface area contributed by atoms with Crippen molar-refractivity contribution in [1.29, 1.82) is 0 Å². The van der Waals surface area contributed by atoms with E-state index in [4.69, 9.17) is 9.84 Å². The Morgan fingerprint density at radius 2 is 2.10 bits per heavy atom. The number of nitrogens with one attached hydrogen (secondary N) is 1. The number of amides is 1. The van der Waals surface area contributed by atoms with Crippen LogP contribution in [0, 0.1) is 0 Å². The van der Waals surface area contributed by atoms with Gasteiger partial charge in [-0.05, 0) is 50.3 Å². The van der Waals surface area contributed by atoms with Crippen molar-refractivity contribution in [2.75, 3.05) is 13.2 Å². The van der Waals surface area contributed by atoms with Gasteiger partial charge in [0.2, 0.25) is 0 Å². The zero-order valence-electron chi connectivity index (χ0n) is 12.0. The highest BCUT2D eigenvalue weighted by Gasteiger charge is 2.13. The van der Waals surface area contributed by atoms with E-state index in [0.717, 1.165) is 32.3 Å². The molecule has 5 nitrogen and oxygen atoms in total. The van der Waals surface area contributed by atoms with Gasteiger partial charge in [-0.25, -0.2) is 4.79 Å². The van der Waals surface area contributed by atoms with Gasteiger partial charge in [0.15, 0.2) is 0 Å². The van der Waals surface area contributed by atoms with Crippen molar-refractivity contribution < 1.29 is 19.4 Å². The molecule has 0 aliphatic carbocycles. The van der Waals surface area contributed by atoms with Crippen molar-refractivity contribution in [3.8, 4) is 0 Å². The first kappa shape index (κ1) is 15.5. The Bertz CT molecular complexity index is 495. The second kappa shape index (κ2) is 7.78. The second-order valence-corrected chi connectivity index (χ2v) is 5.27. The molecule has 5 heteroatoms. The lowest BCUT2D eigenvalue weighted by Gasteiger charge is -2.22. The van der Waals surface area contributed by atoms with Crippen LogP contribution in [-0.2, 0) is 4.74 Å². The summed E-state index contributed by atoms with van der Waals surface area (Å²) in [5.41, 5.74) is 0.502. The number of carbonyl (C=O) groups is 2. The monoisotopic (exact) mass is 291 g/mol. The van der Waals surface area contributed by atoms with Crippen molar-refractivity contribution >= 4 is 11.9 Å². The fourth-order valence-electron chi connectivity index (χ4n) is 2.46. The Kier molecular flexibility index (Phi) is 5.75. The molecule has 2 N–H and O–H groups in total. The highest BCUT2D eigenvalue weighted by Crippen LogP contribution is 2.16. The fourth-order valence-corrected chi connectivity index (χ4v) is 2.46. The molecule has 2 rings (SSSR count). The second-order valence-electron chi connectivity index (χ2n) is 5.27. The molecule has 1 aliphatic heterocycles. The minimum absolute atomic E-state index is 0.123. The smallest absolute Gasteiger partial charge is 0.335 e. The minimum Gasteiger partial charge on any atom is -0.478 e. The molecule has 0 spiro atoms. The summed E-state index contributed by atoms with van der Waals surface area (Å²) in [5, 5.41) is 11.7. The molecule has 1 aromatic carbocycles. The standard InChI is InChI=1S/C16H21NO4/c18-15(12-5-3-6-13(11-12)16(19)20)17-9-4-8-14-7-1-2-10-21-14/h3,5-6,11,14H,1-2,4,7-10H2,(H,17,18)(H,19,20). The van der Waals surface area contributed by atoms with Gasteiger partial charge in [-0.3, -0.25) is 4.79 Å². The average Bonchev–Trinajstić information content (AvgIpc) is 2.52. The van der Waals surface area contributed by atoms with E-state index in [9.17, 15) is 9.59 Å². The topological polar surface area (TPSA) is 75.6 Å². The van der Waals surface area contributed by atoms with Gasteiger partial charge in [0.25, 0.3) is 5.91 Å². The van der Waals surface area contributed by atoms with E-state index in [1.807, 2.05) is 0 Å². The Labute approximate surface area is 124 Å². The van der Waals surface area contributed by atoms with Crippen molar-refractivity contribution in [1.82, 2.24) is 5.32 Å². The predicted molar refractivity (Wildman–Crippen MR) is 78.6 cm³/mol. The number of rotatable bonds is 6. The highest BCUT2D eigenvalue weighted by molar-refractivity contribution is 5.97. The van der Waals surface area contributed by atoms with E-state index in [1.54, 1.807) is 12.1 Å². The summed E-state index contributed by atoms with van der Waals surface area (Å²) in [5.74, 6) is -1.26. The third-order valence-corrected chi connectivity index (χ3v) is 3.63. The molecule has 1 unspecified atom stereocenters. The van der Waals surface area contributed by atoms with Gasteiger partial charge in [-0.1, -0.05) is 6.07 Å². The third-order valence-electron chi connectivity index (χ3n) is 3.63. The quantitative estimate of drug-likeness (QED) is 0.789. The summed E-state index contributed by atoms with van der Waals surface area (Å²) in [6.07, 6.45) is 5.62. The van der Waals surface area contributed by atoms with Gasteiger partial charge in [0, 0.05) is 18.7 Å². The summed E-state index contributed by atoms with van der Waals surface area (Å²) in [7, 11) is 0. The van der Waals surface area contributed by atoms with Crippen LogP contribution in [0.4, 0.5) is 0 Å². The molecule has 114 valence electrons. The normalized spacial score (nSPS) is 18.2. The largest absolute Gasteiger partial charge is 0.478 e. The van der Waals surface area contributed by atoms with Crippen molar-refractivity contribution in [2.45, 2.75) is 38.2 Å². The van der Waals surface area contributed by atoms with Crippen LogP contribution in [0.3, 0.4) is 0 Å². The molecular weight excluding hydrogens is 270 g/mol. The van der Waals surface area contributed by atoms with Crippen LogP contribution in [0.5, 0.6) is 0 Å². The summed E-state index contributed by atoms with van der Waals surface area (Å²) < 4.78 is 5.63. The van der Waals surface area contributed by atoms with Crippen LogP contribution in [0.15, 0.2) is 24.3 Å². The Balaban J connectivity index is 1.74. The Hall–Kier alpha value is -1.88. The van der Waals surface area contributed by atoms with E-state index >= 15 is 0 Å². The van der Waals surface area contributed by atoms with Gasteiger partial charge >= 0.3 is 5.97 Å². The van der Waals surface area contributed by atoms with Gasteiger partial charge in [0.1, 0.15) is 0 Å². The summed E-state index contributed by atoms with van der Waals surface area (Å²) in [4.78, 5) is 22.8. The lowest BCUT2D eigenvalue weighted by atomic mass is 10.0. The number of carboxylic acid groups (broad SMARTS) is 1. The Morgan fingerprint density at radius 3 is 2.81 bits per heavy atom. The number of aromatic carboxylic acids is 1. The van der Waals surface area contributed by atoms with Crippen LogP contribution >= 0.6 is 0 Å². The maximum Gasteiger partial charge on any atom is 0.335 e. The molecule has 1 fully saturated rings. The number of carboxylic acids is 1. The van der Waals surface area contributed by atoms with Crippen LogP contribution < -0.4 is 5.32 Å². The van der Waals surface area contributed by atoms with E-state index in [1.165, 1.54) is 18.6 Å². The van der Waals surface area contributed by atoms with Crippen LogP contribution in [0.2, 0.25) is 0 Å². The number of hydrogen-bond donors (Lipinski definition) is 2. The molecule has 1 amide bonds. The van der Waals surface area contributed by atoms with Gasteiger partial charge in [0.05, 0.1) is 11.7 Å². The number of hydrogen-bond acceptors (Lipinski definition) is 3. The van der Waals surface area contributed by atoms with E-state index in [-0.39, 0.29) is 11.5 Å². The fraction of sp³-hybridized carbons (Fsp3) is 0.500. The SMILES string of the molecule is O=C(O)c1cccc(C(=O)NCCCC2CCCCO2)c1. The molecule has 1 heterocycles. The molecule has 0 bridgehead atoms. The summed E-state index contributed by atoms with van der Waals surface area (Å²) >= 11 is 0. The molecule has 0 aromatic heterocycles. The van der Waals surface area contributed by atoms with Crippen molar-refractivity contribution in [2.24, 2.45) is 0 Å². The first-order chi connectivity index (χ1) is 10.2. The number of benzene rings is 1. The molecule has 1 atom stereocenters. The van der Waals surface area contributed by atoms with E-state index in [2.05, 4.69) is 5.32 Å². The minimum atomic E-state index is -1.03. The summed E-state index contributed by atoms with van der Waals surface area (Å²) in [6.45, 7) is 1.43. The Morgan fingerprint density at radius 1 is 1.29 bits per heavy atom. The zero-order valence-corrected chi connectivity index (χ0v) is 12.0. The molecule has 1 saturated heterocycles. The average molecular weight is 291 g/mol. The zero-order chi connectivity index (χ0) is 15.1. The maximum absolute atomic E-state index is 11.9. The highest BCUT2D eigenvalue weighted by atomic mass is 16.5. The van der Waals surface area contributed by atoms with Crippen LogP contribution in [0.25, 0.3) is 0 Å². The lowest BCUT2D eigenvalue weighted by Crippen LogP contribution is -2.26. The maximum atomic E-state index is 11.9. The van der Waals surface area contributed by atoms with E-state index < -0.39 is 5.97 Å². The molecule has 1 aliphatic rings. The third kappa shape index (κ3) is 4.86. The van der Waals surface area contributed by atoms with Gasteiger partial charge in [-0.15, -0.1) is 0 Å². The van der Waals surface area contributed by atoms with E-state index in [0.29, 0.717) is 18.2 Å². The number of carbonyl (C=O) groups excluding carboxylic acids is 1. The predicted octanol–water partition coefficient (Wildman–Crippen LogP) is 2.46. The van der Waals surface area contributed by atoms with Crippen molar-refractivity contribution in [3.05, 3.63) is 35.4 Å². The summed E-state index contributed by atoms with van der Waals surface area (Å²) in [6, 6.07) is 6.06. The van der Waals surface area contributed by atoms with Gasteiger partial charge < -0.3 is 15.2 Å². The molecule has 0 radical (unpaired) electrons. The lowest BCUT2D eigenvalue weighted by molar-refractivity contribution is 0.0102. The molecule has 21 heavy (non-hydrogen) atoms. The molecule has 0 saturated carbocycles. The molecule has 1 aromatic rings. The van der Waals surface area contributed by atoms with Crippen LogP contribution in [0.1, 0.15) is 52.8 Å². The van der Waals surface area contributed by atoms with Crippen molar-refractivity contribution in [3.63, 3.8) is 0 Å².